The first-order valence-electron chi connectivity index (χ1n) is 4.22. The van der Waals surface area contributed by atoms with E-state index in [0.29, 0.717) is 0 Å². The van der Waals surface area contributed by atoms with E-state index in [4.69, 9.17) is 0 Å². The summed E-state index contributed by atoms with van der Waals surface area (Å²) in [6.45, 7) is 1.83. The molecule has 0 unspecified atom stereocenters. The Morgan fingerprint density at radius 2 is 1.85 bits per heavy atom. The number of allylic oxidation sites excluding steroid dienone is 3. The molecule has 0 radical (unpaired) electrons. The fraction of sp³-hybridized carbons (Fsp3) is 0.0833. The standard InChI is InChI=1S/C12H12O/c1-2-6-12(13)10-9-11-7-4-3-5-8-11/h2-10H,1H3. The zero-order valence-electron chi connectivity index (χ0n) is 7.60. The van der Waals surface area contributed by atoms with Gasteiger partial charge in [0.25, 0.3) is 0 Å². The number of hydrogen-bond acceptors (Lipinski definition) is 1. The van der Waals surface area contributed by atoms with Gasteiger partial charge in [-0.05, 0) is 24.6 Å². The SMILES string of the molecule is CC=CC(=O)C=Cc1ccccc1. The van der Waals surface area contributed by atoms with Crippen molar-refractivity contribution >= 4 is 11.9 Å². The van der Waals surface area contributed by atoms with Crippen LogP contribution in [-0.2, 0) is 4.79 Å². The van der Waals surface area contributed by atoms with Gasteiger partial charge in [0.15, 0.2) is 5.78 Å². The van der Waals surface area contributed by atoms with Crippen LogP contribution in [0.1, 0.15) is 12.5 Å². The highest BCUT2D eigenvalue weighted by Gasteiger charge is 1.87. The number of rotatable bonds is 3. The van der Waals surface area contributed by atoms with Crippen LogP contribution in [0.4, 0.5) is 0 Å². The lowest BCUT2D eigenvalue weighted by Gasteiger charge is -1.88. The van der Waals surface area contributed by atoms with Gasteiger partial charge in [-0.15, -0.1) is 0 Å². The van der Waals surface area contributed by atoms with E-state index in [2.05, 4.69) is 0 Å². The molecule has 0 aliphatic carbocycles. The Hall–Kier alpha value is -1.63. The molecule has 0 aromatic heterocycles. The number of ketones is 1. The molecule has 0 atom stereocenters. The molecular weight excluding hydrogens is 160 g/mol. The predicted molar refractivity (Wildman–Crippen MR) is 55.3 cm³/mol. The average Bonchev–Trinajstić information content (AvgIpc) is 2.17. The molecule has 1 rings (SSSR count). The summed E-state index contributed by atoms with van der Waals surface area (Å²) in [5.74, 6) is 0.0198. The van der Waals surface area contributed by atoms with Crippen LogP contribution in [-0.4, -0.2) is 5.78 Å². The third-order valence-corrected chi connectivity index (χ3v) is 1.57. The smallest absolute Gasteiger partial charge is 0.178 e. The van der Waals surface area contributed by atoms with E-state index in [9.17, 15) is 4.79 Å². The molecule has 1 nitrogen and oxygen atoms in total. The van der Waals surface area contributed by atoms with Gasteiger partial charge in [0.2, 0.25) is 0 Å². The third-order valence-electron chi connectivity index (χ3n) is 1.57. The Bertz CT molecular complexity index is 320. The Morgan fingerprint density at radius 1 is 1.15 bits per heavy atom. The molecule has 1 aromatic carbocycles. The molecule has 0 N–H and O–H groups in total. The lowest BCUT2D eigenvalue weighted by atomic mass is 10.2. The summed E-state index contributed by atoms with van der Waals surface area (Å²) >= 11 is 0. The molecular formula is C12H12O. The second-order valence-corrected chi connectivity index (χ2v) is 2.65. The zero-order chi connectivity index (χ0) is 9.52. The monoisotopic (exact) mass is 172 g/mol. The Balaban J connectivity index is 2.64. The average molecular weight is 172 g/mol. The van der Waals surface area contributed by atoms with Crippen LogP contribution in [0.15, 0.2) is 48.6 Å². The van der Waals surface area contributed by atoms with Crippen LogP contribution in [0.5, 0.6) is 0 Å². The number of carbonyl (C=O) groups excluding carboxylic acids is 1. The van der Waals surface area contributed by atoms with Crippen molar-refractivity contribution in [2.75, 3.05) is 0 Å². The molecule has 66 valence electrons. The first-order valence-corrected chi connectivity index (χ1v) is 4.22. The maximum atomic E-state index is 11.0. The molecule has 0 spiro atoms. The molecule has 0 aliphatic heterocycles. The Kier molecular flexibility index (Phi) is 3.71. The number of benzene rings is 1. The molecule has 0 saturated heterocycles. The normalized spacial score (nSPS) is 11.2. The minimum absolute atomic E-state index is 0.0198. The van der Waals surface area contributed by atoms with Gasteiger partial charge < -0.3 is 0 Å². The third kappa shape index (κ3) is 3.52. The summed E-state index contributed by atoms with van der Waals surface area (Å²) < 4.78 is 0. The first-order chi connectivity index (χ1) is 6.33. The van der Waals surface area contributed by atoms with Crippen LogP contribution in [0.2, 0.25) is 0 Å². The van der Waals surface area contributed by atoms with Gasteiger partial charge in [0.1, 0.15) is 0 Å². The summed E-state index contributed by atoms with van der Waals surface area (Å²) in [7, 11) is 0. The van der Waals surface area contributed by atoms with E-state index >= 15 is 0 Å². The molecule has 0 amide bonds. The lowest BCUT2D eigenvalue weighted by Crippen LogP contribution is -1.83. The van der Waals surface area contributed by atoms with Gasteiger partial charge in [-0.3, -0.25) is 4.79 Å². The molecule has 0 heterocycles. The second-order valence-electron chi connectivity index (χ2n) is 2.65. The highest BCUT2D eigenvalue weighted by atomic mass is 16.1. The van der Waals surface area contributed by atoms with Crippen molar-refractivity contribution in [3.8, 4) is 0 Å². The van der Waals surface area contributed by atoms with Crippen LogP contribution in [0, 0.1) is 0 Å². The van der Waals surface area contributed by atoms with E-state index in [-0.39, 0.29) is 5.78 Å². The predicted octanol–water partition coefficient (Wildman–Crippen LogP) is 2.85. The number of hydrogen-bond donors (Lipinski definition) is 0. The van der Waals surface area contributed by atoms with Crippen molar-refractivity contribution in [1.82, 2.24) is 0 Å². The first kappa shape index (κ1) is 9.46. The van der Waals surface area contributed by atoms with E-state index in [1.54, 1.807) is 18.2 Å². The number of carbonyl (C=O) groups is 1. The van der Waals surface area contributed by atoms with Crippen molar-refractivity contribution in [2.24, 2.45) is 0 Å². The van der Waals surface area contributed by atoms with Gasteiger partial charge in [0, 0.05) is 0 Å². The Morgan fingerprint density at radius 3 is 2.46 bits per heavy atom. The summed E-state index contributed by atoms with van der Waals surface area (Å²) in [6, 6.07) is 9.75. The molecule has 0 saturated carbocycles. The maximum Gasteiger partial charge on any atom is 0.178 e. The summed E-state index contributed by atoms with van der Waals surface area (Å²) in [5, 5.41) is 0. The maximum absolute atomic E-state index is 11.0. The van der Waals surface area contributed by atoms with E-state index in [0.717, 1.165) is 5.56 Å². The summed E-state index contributed by atoms with van der Waals surface area (Å²) in [6.07, 6.45) is 6.65. The highest BCUT2D eigenvalue weighted by molar-refractivity contribution is 6.01. The molecule has 1 aromatic rings. The van der Waals surface area contributed by atoms with Crippen molar-refractivity contribution in [2.45, 2.75) is 6.92 Å². The molecule has 0 aliphatic rings. The van der Waals surface area contributed by atoms with Gasteiger partial charge >= 0.3 is 0 Å². The second kappa shape index (κ2) is 5.09. The lowest BCUT2D eigenvalue weighted by molar-refractivity contribution is -0.110. The minimum atomic E-state index is 0.0198. The molecule has 13 heavy (non-hydrogen) atoms. The van der Waals surface area contributed by atoms with Crippen molar-refractivity contribution in [1.29, 1.82) is 0 Å². The van der Waals surface area contributed by atoms with Crippen molar-refractivity contribution < 1.29 is 4.79 Å². The van der Waals surface area contributed by atoms with Crippen LogP contribution in [0.25, 0.3) is 6.08 Å². The van der Waals surface area contributed by atoms with Crippen molar-refractivity contribution in [3.05, 3.63) is 54.1 Å². The zero-order valence-corrected chi connectivity index (χ0v) is 7.60. The minimum Gasteiger partial charge on any atom is -0.290 e. The molecule has 0 fully saturated rings. The van der Waals surface area contributed by atoms with E-state index in [1.165, 1.54) is 0 Å². The molecule has 1 heteroatoms. The topological polar surface area (TPSA) is 17.1 Å². The summed E-state index contributed by atoms with van der Waals surface area (Å²) in [5.41, 5.74) is 1.04. The Labute approximate surface area is 78.4 Å². The molecule has 0 bridgehead atoms. The highest BCUT2D eigenvalue weighted by Crippen LogP contribution is 2.00. The quantitative estimate of drug-likeness (QED) is 0.641. The van der Waals surface area contributed by atoms with Crippen molar-refractivity contribution in [3.63, 3.8) is 0 Å². The van der Waals surface area contributed by atoms with Gasteiger partial charge in [-0.1, -0.05) is 42.5 Å². The van der Waals surface area contributed by atoms with Crippen LogP contribution < -0.4 is 0 Å². The van der Waals surface area contributed by atoms with Crippen LogP contribution in [0.3, 0.4) is 0 Å². The van der Waals surface area contributed by atoms with E-state index < -0.39 is 0 Å². The fourth-order valence-corrected chi connectivity index (χ4v) is 0.962. The van der Waals surface area contributed by atoms with Gasteiger partial charge in [-0.25, -0.2) is 0 Å². The van der Waals surface area contributed by atoms with Gasteiger partial charge in [-0.2, -0.15) is 0 Å². The fourth-order valence-electron chi connectivity index (χ4n) is 0.962. The van der Waals surface area contributed by atoms with Crippen LogP contribution >= 0.6 is 0 Å². The van der Waals surface area contributed by atoms with E-state index in [1.807, 2.05) is 43.3 Å². The largest absolute Gasteiger partial charge is 0.290 e. The van der Waals surface area contributed by atoms with Gasteiger partial charge in [0.05, 0.1) is 0 Å². The summed E-state index contributed by atoms with van der Waals surface area (Å²) in [4.78, 5) is 11.0.